The fourth-order valence-corrected chi connectivity index (χ4v) is 4.63. The molecule has 46 heavy (non-hydrogen) atoms. The molecule has 5 aromatic rings. The number of rotatable bonds is 11. The zero-order valence-corrected chi connectivity index (χ0v) is 25.7. The van der Waals surface area contributed by atoms with Gasteiger partial charge in [-0.1, -0.05) is 159 Å². The molecule has 1 N–H and O–H groups in total. The lowest BCUT2D eigenvalue weighted by atomic mass is 10.00. The summed E-state index contributed by atoms with van der Waals surface area (Å²) in [5.74, 6) is 0.0613. The predicted octanol–water partition coefficient (Wildman–Crippen LogP) is 10.8. The second-order valence-electron chi connectivity index (χ2n) is 10.6. The third-order valence-corrected chi connectivity index (χ3v) is 7.32. The van der Waals surface area contributed by atoms with Crippen molar-refractivity contribution in [3.8, 4) is 22.3 Å². The quantitative estimate of drug-likeness (QED) is 0.0924. The predicted molar refractivity (Wildman–Crippen MR) is 197 cm³/mol. The maximum atomic E-state index is 8.80. The Morgan fingerprint density at radius 1 is 0.543 bits per heavy atom. The molecule has 0 aliphatic heterocycles. The minimum atomic E-state index is 0.0613. The van der Waals surface area contributed by atoms with Crippen LogP contribution in [0.2, 0.25) is 0 Å². The zero-order valence-electron chi connectivity index (χ0n) is 25.7. The van der Waals surface area contributed by atoms with E-state index in [2.05, 4.69) is 73.3 Å². The van der Waals surface area contributed by atoms with E-state index in [1.807, 2.05) is 109 Å². The van der Waals surface area contributed by atoms with E-state index >= 15 is 0 Å². The lowest BCUT2D eigenvalue weighted by molar-refractivity contribution is 1.33. The highest BCUT2D eigenvalue weighted by Crippen LogP contribution is 2.22. The molecule has 0 fully saturated rings. The number of aromatic nitrogens is 1. The number of allylic oxidation sites excluding steroid dienone is 5. The largest absolute Gasteiger partial charge is 0.282 e. The number of aliphatic imine (C=N–C) groups is 1. The van der Waals surface area contributed by atoms with E-state index in [9.17, 15) is 0 Å². The summed E-state index contributed by atoms with van der Waals surface area (Å²) in [5, 5.41) is 8.80. The lowest BCUT2D eigenvalue weighted by Crippen LogP contribution is -2.04. The molecule has 0 aliphatic carbocycles. The Morgan fingerprint density at radius 2 is 1.13 bits per heavy atom. The number of nitrogens with one attached hydrogen (secondary N) is 1. The zero-order chi connectivity index (χ0) is 32.1. The van der Waals surface area contributed by atoms with Crippen LogP contribution >= 0.6 is 0 Å². The molecule has 0 unspecified atom stereocenters. The Balaban J connectivity index is 1.38. The standard InChI is InChI=1S/C43H35N3/c1-32(33(2)21-22-35-12-6-4-7-13-35)19-20-34(3)43(44)46-42(40-17-10-16-39(30-40)37-14-8-5-9-15-37)28-25-36-23-26-38(27-24-36)41-18-11-29-45-31-41/h4-31,44H,1-3H2/b20-19-,22-21-,28-25+,44-43?,46-42?. The number of amidine groups is 1. The number of hydrogen-bond donors (Lipinski definition) is 1. The molecule has 0 radical (unpaired) electrons. The normalized spacial score (nSPS) is 11.7. The van der Waals surface area contributed by atoms with Crippen LogP contribution in [-0.4, -0.2) is 16.5 Å². The van der Waals surface area contributed by atoms with Crippen molar-refractivity contribution in [2.75, 3.05) is 0 Å². The monoisotopic (exact) mass is 593 g/mol. The van der Waals surface area contributed by atoms with Gasteiger partial charge in [-0.25, -0.2) is 4.99 Å². The second kappa shape index (κ2) is 15.5. The van der Waals surface area contributed by atoms with Crippen molar-refractivity contribution in [2.24, 2.45) is 4.99 Å². The van der Waals surface area contributed by atoms with Gasteiger partial charge in [0.2, 0.25) is 0 Å². The average molecular weight is 594 g/mol. The van der Waals surface area contributed by atoms with E-state index in [-0.39, 0.29) is 5.84 Å². The van der Waals surface area contributed by atoms with Crippen molar-refractivity contribution < 1.29 is 0 Å². The molecule has 4 aromatic carbocycles. The van der Waals surface area contributed by atoms with Crippen LogP contribution in [0, 0.1) is 5.41 Å². The Labute approximate surface area is 271 Å². The highest BCUT2D eigenvalue weighted by atomic mass is 14.8. The van der Waals surface area contributed by atoms with Gasteiger partial charge in [-0.15, -0.1) is 0 Å². The van der Waals surface area contributed by atoms with E-state index in [0.29, 0.717) is 11.3 Å². The van der Waals surface area contributed by atoms with Gasteiger partial charge in [0.15, 0.2) is 5.84 Å². The molecule has 1 aromatic heterocycles. The fourth-order valence-electron chi connectivity index (χ4n) is 4.63. The van der Waals surface area contributed by atoms with Gasteiger partial charge in [-0.05, 0) is 62.7 Å². The molecule has 0 bridgehead atoms. The first kappa shape index (κ1) is 31.2. The number of hydrogen-bond acceptors (Lipinski definition) is 2. The summed E-state index contributed by atoms with van der Waals surface area (Å²) in [7, 11) is 0. The molecule has 0 atom stereocenters. The summed E-state index contributed by atoms with van der Waals surface area (Å²) >= 11 is 0. The third-order valence-electron chi connectivity index (χ3n) is 7.32. The van der Waals surface area contributed by atoms with Crippen LogP contribution in [0.4, 0.5) is 0 Å². The van der Waals surface area contributed by atoms with E-state index in [1.165, 1.54) is 0 Å². The Kier molecular flexibility index (Phi) is 10.5. The molecule has 5 rings (SSSR count). The first-order valence-corrected chi connectivity index (χ1v) is 15.0. The third kappa shape index (κ3) is 8.68. The summed E-state index contributed by atoms with van der Waals surface area (Å²) in [6, 6.07) is 40.7. The van der Waals surface area contributed by atoms with Crippen molar-refractivity contribution >= 4 is 23.7 Å². The van der Waals surface area contributed by atoms with Crippen LogP contribution in [0.3, 0.4) is 0 Å². The first-order chi connectivity index (χ1) is 22.5. The lowest BCUT2D eigenvalue weighted by Gasteiger charge is -2.08. The molecule has 0 saturated carbocycles. The summed E-state index contributed by atoms with van der Waals surface area (Å²) < 4.78 is 0. The fraction of sp³-hybridized carbons (Fsp3) is 0. The molecule has 1 heterocycles. The van der Waals surface area contributed by atoms with Gasteiger partial charge in [-0.2, -0.15) is 0 Å². The van der Waals surface area contributed by atoms with Crippen molar-refractivity contribution in [3.05, 3.63) is 211 Å². The molecular formula is C43H35N3. The molecule has 0 saturated heterocycles. The average Bonchev–Trinajstić information content (AvgIpc) is 3.12. The van der Waals surface area contributed by atoms with Crippen LogP contribution in [-0.2, 0) is 0 Å². The first-order valence-electron chi connectivity index (χ1n) is 15.0. The van der Waals surface area contributed by atoms with E-state index in [4.69, 9.17) is 10.4 Å². The Morgan fingerprint density at radius 3 is 1.85 bits per heavy atom. The molecule has 0 spiro atoms. The molecule has 0 amide bonds. The molecule has 3 nitrogen and oxygen atoms in total. The SMILES string of the molecule is C=C(/C=C\C(=C)C(=N)N=C(/C=C/c1ccc(-c2cccnc2)cc1)c1cccc(-c2ccccc2)c1)C(=C)/C=C\c1ccccc1. The number of pyridine rings is 1. The minimum absolute atomic E-state index is 0.0613. The molecule has 3 heteroatoms. The Hall–Kier alpha value is -6.19. The van der Waals surface area contributed by atoms with E-state index < -0.39 is 0 Å². The van der Waals surface area contributed by atoms with Crippen molar-refractivity contribution in [2.45, 2.75) is 0 Å². The van der Waals surface area contributed by atoms with E-state index in [1.54, 1.807) is 12.3 Å². The Bertz CT molecular complexity index is 1960. The minimum Gasteiger partial charge on any atom is -0.282 e. The highest BCUT2D eigenvalue weighted by Gasteiger charge is 2.07. The van der Waals surface area contributed by atoms with Crippen LogP contribution in [0.15, 0.2) is 199 Å². The van der Waals surface area contributed by atoms with Crippen molar-refractivity contribution in [1.29, 1.82) is 5.41 Å². The van der Waals surface area contributed by atoms with Gasteiger partial charge >= 0.3 is 0 Å². The van der Waals surface area contributed by atoms with Gasteiger partial charge in [0, 0.05) is 23.5 Å². The smallest absolute Gasteiger partial charge is 0.151 e. The van der Waals surface area contributed by atoms with Gasteiger partial charge in [0.25, 0.3) is 0 Å². The summed E-state index contributed by atoms with van der Waals surface area (Å²) in [6.07, 6.45) is 15.1. The van der Waals surface area contributed by atoms with Crippen molar-refractivity contribution in [3.63, 3.8) is 0 Å². The number of nitrogens with zero attached hydrogens (tertiary/aromatic N) is 2. The molecular weight excluding hydrogens is 558 g/mol. The highest BCUT2D eigenvalue weighted by molar-refractivity contribution is 6.18. The van der Waals surface area contributed by atoms with E-state index in [0.717, 1.165) is 50.1 Å². The van der Waals surface area contributed by atoms with Crippen LogP contribution < -0.4 is 0 Å². The summed E-state index contributed by atoms with van der Waals surface area (Å²) in [6.45, 7) is 12.4. The van der Waals surface area contributed by atoms with Gasteiger partial charge < -0.3 is 0 Å². The van der Waals surface area contributed by atoms with Gasteiger partial charge in [0.1, 0.15) is 0 Å². The van der Waals surface area contributed by atoms with Gasteiger partial charge in [0.05, 0.1) is 5.71 Å². The molecule has 0 aliphatic rings. The van der Waals surface area contributed by atoms with Crippen LogP contribution in [0.5, 0.6) is 0 Å². The van der Waals surface area contributed by atoms with Gasteiger partial charge in [-0.3, -0.25) is 10.4 Å². The summed E-state index contributed by atoms with van der Waals surface area (Å²) in [4.78, 5) is 8.97. The maximum absolute atomic E-state index is 8.80. The van der Waals surface area contributed by atoms with Crippen LogP contribution in [0.25, 0.3) is 34.4 Å². The molecule has 222 valence electrons. The summed E-state index contributed by atoms with van der Waals surface area (Å²) in [5.41, 5.74) is 9.98. The van der Waals surface area contributed by atoms with Crippen LogP contribution in [0.1, 0.15) is 16.7 Å². The maximum Gasteiger partial charge on any atom is 0.151 e. The topological polar surface area (TPSA) is 49.1 Å². The number of benzene rings is 4. The van der Waals surface area contributed by atoms with Crippen molar-refractivity contribution in [1.82, 2.24) is 4.98 Å². The second-order valence-corrected chi connectivity index (χ2v) is 10.6.